The van der Waals surface area contributed by atoms with Crippen LogP contribution in [0.5, 0.6) is 0 Å². The van der Waals surface area contributed by atoms with Gasteiger partial charge in [-0.25, -0.2) is 4.79 Å². The first-order chi connectivity index (χ1) is 9.20. The van der Waals surface area contributed by atoms with Gasteiger partial charge in [-0.15, -0.1) is 0 Å². The molecule has 2 heterocycles. The van der Waals surface area contributed by atoms with Crippen molar-refractivity contribution in [3.05, 3.63) is 40.4 Å². The van der Waals surface area contributed by atoms with E-state index in [1.807, 2.05) is 29.8 Å². The summed E-state index contributed by atoms with van der Waals surface area (Å²) >= 11 is 0. The minimum Gasteiger partial charge on any atom is -0.306 e. The van der Waals surface area contributed by atoms with Crippen molar-refractivity contribution in [1.82, 2.24) is 19.7 Å². The second-order valence-corrected chi connectivity index (χ2v) is 4.70. The fraction of sp³-hybridized carbons (Fsp3) is 0.286. The van der Waals surface area contributed by atoms with Crippen molar-refractivity contribution in [1.29, 1.82) is 0 Å². The smallest absolute Gasteiger partial charge is 0.306 e. The molecule has 98 valence electrons. The number of benzene rings is 1. The maximum Gasteiger partial charge on any atom is 0.323 e. The first kappa shape index (κ1) is 11.8. The molecule has 3 aromatic rings. The number of imidazole rings is 1. The molecule has 0 fully saturated rings. The van der Waals surface area contributed by atoms with E-state index in [1.54, 1.807) is 6.20 Å². The molecule has 0 atom stereocenters. The third-order valence-corrected chi connectivity index (χ3v) is 3.31. The maximum atomic E-state index is 11.5. The minimum atomic E-state index is -0.177. The number of hydrogen-bond donors (Lipinski definition) is 2. The Morgan fingerprint density at radius 3 is 2.89 bits per heavy atom. The van der Waals surface area contributed by atoms with E-state index in [1.165, 1.54) is 0 Å². The molecule has 19 heavy (non-hydrogen) atoms. The number of nitrogens with one attached hydrogen (secondary N) is 2. The van der Waals surface area contributed by atoms with Crippen molar-refractivity contribution in [2.45, 2.75) is 26.8 Å². The van der Waals surface area contributed by atoms with Gasteiger partial charge in [0.15, 0.2) is 0 Å². The maximum absolute atomic E-state index is 11.5. The first-order valence-corrected chi connectivity index (χ1v) is 6.44. The number of aromatic nitrogens is 4. The number of aryl methyl sites for hydroxylation is 2. The summed E-state index contributed by atoms with van der Waals surface area (Å²) in [5.41, 5.74) is 4.71. The molecule has 0 aliphatic rings. The van der Waals surface area contributed by atoms with Crippen LogP contribution in [-0.4, -0.2) is 19.7 Å². The number of hydrogen-bond acceptors (Lipinski definition) is 2. The first-order valence-electron chi connectivity index (χ1n) is 6.44. The van der Waals surface area contributed by atoms with E-state index in [4.69, 9.17) is 0 Å². The van der Waals surface area contributed by atoms with Gasteiger partial charge < -0.3 is 9.97 Å². The average molecular weight is 256 g/mol. The predicted octanol–water partition coefficient (Wildman–Crippen LogP) is 2.44. The van der Waals surface area contributed by atoms with Crippen LogP contribution in [0.4, 0.5) is 0 Å². The monoisotopic (exact) mass is 256 g/mol. The molecule has 2 aromatic heterocycles. The number of rotatable bonds is 3. The third kappa shape index (κ3) is 1.87. The summed E-state index contributed by atoms with van der Waals surface area (Å²) in [7, 11) is 0. The van der Waals surface area contributed by atoms with Crippen molar-refractivity contribution in [3.63, 3.8) is 0 Å². The van der Waals surface area contributed by atoms with E-state index in [0.717, 1.165) is 40.8 Å². The Labute approximate surface area is 110 Å². The van der Waals surface area contributed by atoms with E-state index in [2.05, 4.69) is 22.0 Å². The van der Waals surface area contributed by atoms with E-state index in [-0.39, 0.29) is 5.69 Å². The molecule has 0 radical (unpaired) electrons. The Bertz CT molecular complexity index is 778. The quantitative estimate of drug-likeness (QED) is 0.755. The van der Waals surface area contributed by atoms with Crippen LogP contribution in [0.2, 0.25) is 0 Å². The Kier molecular flexibility index (Phi) is 2.74. The molecule has 0 spiro atoms. The van der Waals surface area contributed by atoms with Gasteiger partial charge in [0.05, 0.1) is 16.7 Å². The summed E-state index contributed by atoms with van der Waals surface area (Å²) in [5, 5.41) is 4.35. The molecule has 0 amide bonds. The zero-order valence-corrected chi connectivity index (χ0v) is 11.0. The molecule has 0 bridgehead atoms. The molecule has 5 nitrogen and oxygen atoms in total. The van der Waals surface area contributed by atoms with E-state index >= 15 is 0 Å². The summed E-state index contributed by atoms with van der Waals surface area (Å²) < 4.78 is 1.98. The summed E-state index contributed by atoms with van der Waals surface area (Å²) in [4.78, 5) is 17.2. The van der Waals surface area contributed by atoms with Crippen LogP contribution in [0, 0.1) is 6.92 Å². The minimum absolute atomic E-state index is 0.177. The molecular weight excluding hydrogens is 240 g/mol. The van der Waals surface area contributed by atoms with Crippen LogP contribution < -0.4 is 5.69 Å². The highest BCUT2D eigenvalue weighted by Gasteiger charge is 2.13. The van der Waals surface area contributed by atoms with Crippen molar-refractivity contribution < 1.29 is 0 Å². The highest BCUT2D eigenvalue weighted by molar-refractivity contribution is 5.92. The SMILES string of the molecule is CCCn1nccc1-c1c(C)ccc2[nH]c(=O)[nH]c12. The molecule has 5 heteroatoms. The Morgan fingerprint density at radius 2 is 2.11 bits per heavy atom. The standard InChI is InChI=1S/C14H16N4O/c1-3-8-18-11(6-7-15-18)12-9(2)4-5-10-13(12)17-14(19)16-10/h4-7H,3,8H2,1-2H3,(H2,16,17,19). The van der Waals surface area contributed by atoms with Crippen LogP contribution in [0.15, 0.2) is 29.2 Å². The second kappa shape index (κ2) is 4.42. The molecule has 0 unspecified atom stereocenters. The van der Waals surface area contributed by atoms with Gasteiger partial charge in [-0.1, -0.05) is 13.0 Å². The van der Waals surface area contributed by atoms with Gasteiger partial charge in [0.2, 0.25) is 0 Å². The Morgan fingerprint density at radius 1 is 1.26 bits per heavy atom. The molecule has 0 aliphatic heterocycles. The molecule has 0 aliphatic carbocycles. The van der Waals surface area contributed by atoms with Crippen molar-refractivity contribution >= 4 is 11.0 Å². The second-order valence-electron chi connectivity index (χ2n) is 4.70. The van der Waals surface area contributed by atoms with Gasteiger partial charge in [0.25, 0.3) is 0 Å². The summed E-state index contributed by atoms with van der Waals surface area (Å²) in [6.45, 7) is 5.03. The van der Waals surface area contributed by atoms with Gasteiger partial charge in [0.1, 0.15) is 0 Å². The number of nitrogens with zero attached hydrogens (tertiary/aromatic N) is 2. The fourth-order valence-corrected chi connectivity index (χ4v) is 2.47. The van der Waals surface area contributed by atoms with E-state index in [9.17, 15) is 4.79 Å². The summed E-state index contributed by atoms with van der Waals surface area (Å²) in [6.07, 6.45) is 2.82. The van der Waals surface area contributed by atoms with Crippen LogP contribution in [0.3, 0.4) is 0 Å². The largest absolute Gasteiger partial charge is 0.323 e. The molecule has 1 aromatic carbocycles. The van der Waals surface area contributed by atoms with Crippen LogP contribution in [0.25, 0.3) is 22.3 Å². The van der Waals surface area contributed by atoms with Gasteiger partial charge in [0, 0.05) is 18.3 Å². The summed E-state index contributed by atoms with van der Waals surface area (Å²) in [5.74, 6) is 0. The third-order valence-electron chi connectivity index (χ3n) is 3.31. The lowest BCUT2D eigenvalue weighted by Crippen LogP contribution is -2.03. The van der Waals surface area contributed by atoms with Gasteiger partial charge in [-0.3, -0.25) is 4.68 Å². The Balaban J connectivity index is 2.31. The number of H-pyrrole nitrogens is 2. The van der Waals surface area contributed by atoms with Crippen molar-refractivity contribution in [2.75, 3.05) is 0 Å². The fourth-order valence-electron chi connectivity index (χ4n) is 2.47. The lowest BCUT2D eigenvalue weighted by atomic mass is 10.0. The van der Waals surface area contributed by atoms with Gasteiger partial charge >= 0.3 is 5.69 Å². The predicted molar refractivity (Wildman–Crippen MR) is 75.2 cm³/mol. The van der Waals surface area contributed by atoms with Gasteiger partial charge in [-0.2, -0.15) is 5.10 Å². The molecule has 0 saturated heterocycles. The van der Waals surface area contributed by atoms with Crippen molar-refractivity contribution in [3.8, 4) is 11.3 Å². The van der Waals surface area contributed by atoms with Crippen LogP contribution in [0.1, 0.15) is 18.9 Å². The highest BCUT2D eigenvalue weighted by atomic mass is 16.1. The Hall–Kier alpha value is -2.30. The van der Waals surface area contributed by atoms with E-state index in [0.29, 0.717) is 0 Å². The lowest BCUT2D eigenvalue weighted by Gasteiger charge is -2.10. The average Bonchev–Trinajstić information content (AvgIpc) is 2.96. The zero-order valence-electron chi connectivity index (χ0n) is 11.0. The lowest BCUT2D eigenvalue weighted by molar-refractivity contribution is 0.609. The highest BCUT2D eigenvalue weighted by Crippen LogP contribution is 2.29. The molecule has 0 saturated carbocycles. The van der Waals surface area contributed by atoms with Crippen molar-refractivity contribution in [2.24, 2.45) is 0 Å². The topological polar surface area (TPSA) is 66.5 Å². The van der Waals surface area contributed by atoms with E-state index < -0.39 is 0 Å². The normalized spacial score (nSPS) is 11.3. The molecular formula is C14H16N4O. The molecule has 3 rings (SSSR count). The zero-order chi connectivity index (χ0) is 13.4. The number of aromatic amines is 2. The summed E-state index contributed by atoms with van der Waals surface area (Å²) in [6, 6.07) is 5.93. The van der Waals surface area contributed by atoms with Gasteiger partial charge in [-0.05, 0) is 31.0 Å². The molecule has 2 N–H and O–H groups in total. The number of fused-ring (bicyclic) bond motifs is 1. The van der Waals surface area contributed by atoms with Crippen LogP contribution >= 0.6 is 0 Å². The van der Waals surface area contributed by atoms with Crippen LogP contribution in [-0.2, 0) is 6.54 Å².